The standard InChI is InChI=1S/C23H28FN5O7S/c1-23(2,3)36-22(30)28-11-13-5-6-14(28)9-18(13)35-21-19(29(31)32)20(25-12-26-21)27-17-8-7-15(10-16(17)24)37(4,33)34/h7-8,10,12-14,18H,5-6,9,11H2,1-4H3,(H,25,26,27)/t13-,14+,18-/m0/s1. The van der Waals surface area contributed by atoms with E-state index in [0.29, 0.717) is 13.0 Å². The van der Waals surface area contributed by atoms with Crippen LogP contribution in [0.3, 0.4) is 0 Å². The monoisotopic (exact) mass is 537 g/mol. The molecule has 37 heavy (non-hydrogen) atoms. The maximum Gasteiger partial charge on any atom is 0.410 e. The van der Waals surface area contributed by atoms with Gasteiger partial charge in [0.1, 0.15) is 23.8 Å². The van der Waals surface area contributed by atoms with Crippen LogP contribution < -0.4 is 10.1 Å². The van der Waals surface area contributed by atoms with Crippen LogP contribution in [0.4, 0.5) is 26.4 Å². The first-order valence-electron chi connectivity index (χ1n) is 11.6. The second-order valence-electron chi connectivity index (χ2n) is 10.2. The minimum Gasteiger partial charge on any atom is -0.469 e. The minimum absolute atomic E-state index is 0.0792. The number of anilines is 2. The summed E-state index contributed by atoms with van der Waals surface area (Å²) in [5, 5.41) is 14.5. The molecule has 0 radical (unpaired) electrons. The third kappa shape index (κ3) is 5.89. The van der Waals surface area contributed by atoms with Crippen molar-refractivity contribution in [1.82, 2.24) is 14.9 Å². The number of ether oxygens (including phenoxy) is 2. The quantitative estimate of drug-likeness (QED) is 0.425. The van der Waals surface area contributed by atoms with Gasteiger partial charge in [-0.05, 0) is 51.8 Å². The van der Waals surface area contributed by atoms with Crippen LogP contribution in [0.2, 0.25) is 0 Å². The predicted molar refractivity (Wildman–Crippen MR) is 130 cm³/mol. The van der Waals surface area contributed by atoms with Crippen molar-refractivity contribution in [3.05, 3.63) is 40.5 Å². The molecule has 0 spiro atoms. The molecule has 2 saturated heterocycles. The molecule has 1 N–H and O–H groups in total. The summed E-state index contributed by atoms with van der Waals surface area (Å²) >= 11 is 0. The summed E-state index contributed by atoms with van der Waals surface area (Å²) in [5.74, 6) is -1.59. The molecule has 2 aromatic rings. The number of halogens is 1. The van der Waals surface area contributed by atoms with Crippen molar-refractivity contribution < 1.29 is 32.0 Å². The Morgan fingerprint density at radius 3 is 2.57 bits per heavy atom. The molecule has 12 nitrogen and oxygen atoms in total. The molecule has 2 aliphatic heterocycles. The Morgan fingerprint density at radius 1 is 1.27 bits per heavy atom. The topological polar surface area (TPSA) is 154 Å². The van der Waals surface area contributed by atoms with Crippen LogP contribution in [0.15, 0.2) is 29.4 Å². The molecule has 3 fully saturated rings. The number of amides is 1. The summed E-state index contributed by atoms with van der Waals surface area (Å²) in [6, 6.07) is 3.02. The molecule has 0 unspecified atom stereocenters. The lowest BCUT2D eigenvalue weighted by Gasteiger charge is -2.48. The lowest BCUT2D eigenvalue weighted by atomic mass is 9.78. The number of carbonyl (C=O) groups excluding carboxylic acids is 1. The summed E-state index contributed by atoms with van der Waals surface area (Å²) in [6.07, 6.45) is 3.17. The van der Waals surface area contributed by atoms with Crippen molar-refractivity contribution in [3.8, 4) is 5.88 Å². The Bertz CT molecular complexity index is 1330. The number of piperidine rings is 2. The molecule has 14 heteroatoms. The molecular weight excluding hydrogens is 509 g/mol. The van der Waals surface area contributed by atoms with Crippen LogP contribution in [0.5, 0.6) is 5.88 Å². The Balaban J connectivity index is 1.54. The lowest BCUT2D eigenvalue weighted by Crippen LogP contribution is -2.58. The van der Waals surface area contributed by atoms with E-state index in [1.165, 1.54) is 6.07 Å². The normalized spacial score (nSPS) is 21.4. The Labute approximate surface area is 213 Å². The maximum absolute atomic E-state index is 14.6. The molecule has 1 aromatic heterocycles. The van der Waals surface area contributed by atoms with Crippen molar-refractivity contribution in [1.29, 1.82) is 0 Å². The van der Waals surface area contributed by atoms with E-state index in [1.54, 1.807) is 25.7 Å². The van der Waals surface area contributed by atoms with E-state index in [9.17, 15) is 27.7 Å². The summed E-state index contributed by atoms with van der Waals surface area (Å²) in [6.45, 7) is 5.78. The van der Waals surface area contributed by atoms with Crippen LogP contribution in [0.25, 0.3) is 0 Å². The highest BCUT2D eigenvalue weighted by Gasteiger charge is 2.45. The molecule has 3 aliphatic rings. The van der Waals surface area contributed by atoms with Gasteiger partial charge >= 0.3 is 11.8 Å². The van der Waals surface area contributed by atoms with Gasteiger partial charge in [0.05, 0.1) is 15.5 Å². The number of nitrogens with one attached hydrogen (secondary N) is 1. The number of rotatable bonds is 6. The van der Waals surface area contributed by atoms with Gasteiger partial charge in [-0.25, -0.2) is 22.6 Å². The summed E-state index contributed by atoms with van der Waals surface area (Å²) in [5.41, 5.74) is -1.41. The van der Waals surface area contributed by atoms with Crippen LogP contribution in [-0.2, 0) is 14.6 Å². The first-order chi connectivity index (χ1) is 17.2. The first-order valence-corrected chi connectivity index (χ1v) is 13.5. The van der Waals surface area contributed by atoms with Gasteiger partial charge < -0.3 is 19.7 Å². The first kappa shape index (κ1) is 26.5. The fraction of sp³-hybridized carbons (Fsp3) is 0.522. The van der Waals surface area contributed by atoms with Gasteiger partial charge in [-0.1, -0.05) is 0 Å². The molecule has 3 atom stereocenters. The van der Waals surface area contributed by atoms with Crippen molar-refractivity contribution in [2.24, 2.45) is 5.92 Å². The molecule has 1 amide bonds. The van der Waals surface area contributed by atoms with Crippen molar-refractivity contribution >= 4 is 33.1 Å². The highest BCUT2D eigenvalue weighted by Crippen LogP contribution is 2.41. The van der Waals surface area contributed by atoms with Crippen LogP contribution in [0, 0.1) is 21.8 Å². The largest absolute Gasteiger partial charge is 0.469 e. The van der Waals surface area contributed by atoms with Crippen LogP contribution >= 0.6 is 0 Å². The van der Waals surface area contributed by atoms with E-state index in [1.807, 2.05) is 0 Å². The highest BCUT2D eigenvalue weighted by molar-refractivity contribution is 7.90. The Morgan fingerprint density at radius 2 is 2.00 bits per heavy atom. The zero-order valence-electron chi connectivity index (χ0n) is 20.8. The molecule has 3 heterocycles. The third-order valence-electron chi connectivity index (χ3n) is 6.26. The smallest absolute Gasteiger partial charge is 0.410 e. The highest BCUT2D eigenvalue weighted by atomic mass is 32.2. The van der Waals surface area contributed by atoms with Crippen molar-refractivity contribution in [3.63, 3.8) is 0 Å². The number of benzene rings is 1. The van der Waals surface area contributed by atoms with E-state index < -0.39 is 44.1 Å². The molecule has 1 aliphatic carbocycles. The zero-order chi connectivity index (χ0) is 27.1. The van der Waals surface area contributed by atoms with Crippen molar-refractivity contribution in [2.45, 2.75) is 62.7 Å². The molecule has 200 valence electrons. The van der Waals surface area contributed by atoms with Crippen molar-refractivity contribution in [2.75, 3.05) is 18.1 Å². The summed E-state index contributed by atoms with van der Waals surface area (Å²) < 4.78 is 49.4. The number of carbonyl (C=O) groups is 1. The summed E-state index contributed by atoms with van der Waals surface area (Å²) in [4.78, 5) is 33.1. The fourth-order valence-corrected chi connectivity index (χ4v) is 5.19. The van der Waals surface area contributed by atoms with E-state index in [4.69, 9.17) is 9.47 Å². The predicted octanol–water partition coefficient (Wildman–Crippen LogP) is 3.84. The zero-order valence-corrected chi connectivity index (χ0v) is 21.6. The summed E-state index contributed by atoms with van der Waals surface area (Å²) in [7, 11) is -3.64. The van der Waals surface area contributed by atoms with Gasteiger partial charge in [-0.15, -0.1) is 0 Å². The maximum atomic E-state index is 14.6. The average Bonchev–Trinajstić information content (AvgIpc) is 2.79. The van der Waals surface area contributed by atoms with E-state index in [0.717, 1.165) is 37.6 Å². The van der Waals surface area contributed by atoms with Crippen LogP contribution in [-0.4, -0.2) is 64.8 Å². The van der Waals surface area contributed by atoms with Gasteiger partial charge in [0, 0.05) is 31.2 Å². The van der Waals surface area contributed by atoms with E-state index in [2.05, 4.69) is 15.3 Å². The number of hydrogen-bond acceptors (Lipinski definition) is 10. The van der Waals surface area contributed by atoms with Gasteiger partial charge in [0.25, 0.3) is 5.88 Å². The molecule has 1 aromatic carbocycles. The van der Waals surface area contributed by atoms with Gasteiger partial charge in [0.2, 0.25) is 5.82 Å². The number of nitrogens with zero attached hydrogens (tertiary/aromatic N) is 4. The molecule has 1 saturated carbocycles. The van der Waals surface area contributed by atoms with E-state index in [-0.39, 0.29) is 34.2 Å². The number of fused-ring (bicyclic) bond motifs is 3. The minimum atomic E-state index is -3.64. The number of hydrogen-bond donors (Lipinski definition) is 1. The fourth-order valence-electron chi connectivity index (χ4n) is 4.56. The van der Waals surface area contributed by atoms with Gasteiger partial charge in [-0.3, -0.25) is 10.1 Å². The third-order valence-corrected chi connectivity index (χ3v) is 7.37. The second-order valence-corrected chi connectivity index (χ2v) is 12.2. The number of aromatic nitrogens is 2. The van der Waals surface area contributed by atoms with Crippen LogP contribution in [0.1, 0.15) is 40.0 Å². The van der Waals surface area contributed by atoms with Gasteiger partial charge in [-0.2, -0.15) is 4.98 Å². The Hall–Kier alpha value is -3.55. The van der Waals surface area contributed by atoms with E-state index >= 15 is 0 Å². The SMILES string of the molecule is CC(C)(C)OC(=O)N1C[C@@H]2CC[C@@H]1C[C@@H]2Oc1ncnc(Nc2ccc(S(C)(=O)=O)cc2F)c1[N+](=O)[O-]. The molecular formula is C23H28FN5O7S. The van der Waals surface area contributed by atoms with Gasteiger partial charge in [0.15, 0.2) is 9.84 Å². The molecule has 5 rings (SSSR count). The molecule has 2 bridgehead atoms. The number of sulfone groups is 1. The number of nitro groups is 1. The second kappa shape index (κ2) is 9.72. The average molecular weight is 538 g/mol. The lowest BCUT2D eigenvalue weighted by molar-refractivity contribution is -0.385. The Kier molecular flexibility index (Phi) is 6.97.